The van der Waals surface area contributed by atoms with E-state index < -0.39 is 0 Å². The van der Waals surface area contributed by atoms with Crippen molar-refractivity contribution >= 4 is 0 Å². The molecule has 43 valence electrons. The monoisotopic (exact) mass is 110 g/mol. The van der Waals surface area contributed by atoms with E-state index in [1.807, 2.05) is 13.0 Å². The molecular formula is C6H8NO. The summed E-state index contributed by atoms with van der Waals surface area (Å²) in [5, 5.41) is 3.82. The first kappa shape index (κ1) is 5.22. The molecule has 2 nitrogen and oxygen atoms in total. The second-order valence-electron chi connectivity index (χ2n) is 1.43. The Morgan fingerprint density at radius 2 is 2.62 bits per heavy atom. The molecule has 1 heterocycles. The lowest BCUT2D eigenvalue weighted by molar-refractivity contribution is 0.243. The van der Waals surface area contributed by atoms with Crippen LogP contribution in [0.1, 0.15) is 6.92 Å². The lowest BCUT2D eigenvalue weighted by Crippen LogP contribution is -1.85. The Hall–Kier alpha value is -0.920. The van der Waals surface area contributed by atoms with Crippen molar-refractivity contribution in [1.29, 1.82) is 0 Å². The SMILES string of the molecule is CCOC1=C[N]C=C1. The molecule has 0 atom stereocenters. The van der Waals surface area contributed by atoms with Gasteiger partial charge in [0.1, 0.15) is 5.76 Å². The molecule has 0 aromatic rings. The largest absolute Gasteiger partial charge is 0.492 e. The van der Waals surface area contributed by atoms with Crippen molar-refractivity contribution in [2.75, 3.05) is 6.61 Å². The number of allylic oxidation sites excluding steroid dienone is 1. The van der Waals surface area contributed by atoms with Crippen LogP contribution in [0, 0.1) is 0 Å². The van der Waals surface area contributed by atoms with Crippen LogP contribution in [0.15, 0.2) is 24.2 Å². The second kappa shape index (κ2) is 2.40. The molecule has 0 amide bonds. The Morgan fingerprint density at radius 1 is 1.75 bits per heavy atom. The van der Waals surface area contributed by atoms with Gasteiger partial charge in [-0.05, 0) is 13.0 Å². The molecule has 2 heteroatoms. The molecule has 0 fully saturated rings. The van der Waals surface area contributed by atoms with Gasteiger partial charge in [0, 0.05) is 6.20 Å². The minimum atomic E-state index is 0.714. The van der Waals surface area contributed by atoms with Crippen LogP contribution in [-0.4, -0.2) is 6.61 Å². The molecule has 1 aliphatic rings. The summed E-state index contributed by atoms with van der Waals surface area (Å²) in [5.41, 5.74) is 0. The number of ether oxygens (including phenoxy) is 1. The van der Waals surface area contributed by atoms with Gasteiger partial charge in [-0.1, -0.05) is 0 Å². The minimum absolute atomic E-state index is 0.714. The molecule has 0 saturated heterocycles. The van der Waals surface area contributed by atoms with Gasteiger partial charge in [0.2, 0.25) is 0 Å². The van der Waals surface area contributed by atoms with Crippen LogP contribution in [0.4, 0.5) is 0 Å². The standard InChI is InChI=1S/C6H8NO/c1-2-8-6-3-4-7-5-6/h3-5H,2H2,1H3. The minimum Gasteiger partial charge on any atom is -0.492 e. The number of rotatable bonds is 2. The Morgan fingerprint density at radius 3 is 3.12 bits per heavy atom. The quantitative estimate of drug-likeness (QED) is 0.520. The van der Waals surface area contributed by atoms with Crippen molar-refractivity contribution in [2.45, 2.75) is 6.92 Å². The molecule has 0 N–H and O–H groups in total. The van der Waals surface area contributed by atoms with Gasteiger partial charge in [-0.2, -0.15) is 0 Å². The third kappa shape index (κ3) is 1.03. The van der Waals surface area contributed by atoms with Gasteiger partial charge in [-0.15, -0.1) is 0 Å². The van der Waals surface area contributed by atoms with E-state index in [-0.39, 0.29) is 0 Å². The molecular weight excluding hydrogens is 102 g/mol. The van der Waals surface area contributed by atoms with Crippen molar-refractivity contribution < 1.29 is 4.74 Å². The molecule has 0 unspecified atom stereocenters. The van der Waals surface area contributed by atoms with Crippen molar-refractivity contribution in [1.82, 2.24) is 5.32 Å². The average molecular weight is 110 g/mol. The van der Waals surface area contributed by atoms with Gasteiger partial charge in [0.05, 0.1) is 12.8 Å². The lowest BCUT2D eigenvalue weighted by Gasteiger charge is -1.96. The van der Waals surface area contributed by atoms with E-state index in [0.29, 0.717) is 6.61 Å². The van der Waals surface area contributed by atoms with E-state index in [9.17, 15) is 0 Å². The van der Waals surface area contributed by atoms with Crippen molar-refractivity contribution in [3.05, 3.63) is 24.2 Å². The van der Waals surface area contributed by atoms with Gasteiger partial charge in [0.15, 0.2) is 0 Å². The maximum absolute atomic E-state index is 5.08. The van der Waals surface area contributed by atoms with Gasteiger partial charge >= 0.3 is 0 Å². The molecule has 8 heavy (non-hydrogen) atoms. The maximum Gasteiger partial charge on any atom is 0.139 e. The van der Waals surface area contributed by atoms with Crippen LogP contribution >= 0.6 is 0 Å². The predicted molar refractivity (Wildman–Crippen MR) is 31.0 cm³/mol. The number of hydrogen-bond acceptors (Lipinski definition) is 1. The molecule has 0 bridgehead atoms. The van der Waals surface area contributed by atoms with E-state index in [0.717, 1.165) is 5.76 Å². The van der Waals surface area contributed by atoms with Crippen LogP contribution in [0.5, 0.6) is 0 Å². The Bertz CT molecular complexity index is 126. The third-order valence-corrected chi connectivity index (χ3v) is 0.838. The molecule has 0 aromatic carbocycles. The van der Waals surface area contributed by atoms with E-state index in [4.69, 9.17) is 4.74 Å². The summed E-state index contributed by atoms with van der Waals surface area (Å²) in [7, 11) is 0. The van der Waals surface area contributed by atoms with Gasteiger partial charge < -0.3 is 4.74 Å². The lowest BCUT2D eigenvalue weighted by atomic mass is 10.5. The highest BCUT2D eigenvalue weighted by Gasteiger charge is 1.94. The number of nitrogens with zero attached hydrogens (tertiary/aromatic N) is 1. The van der Waals surface area contributed by atoms with E-state index in [1.54, 1.807) is 12.4 Å². The zero-order valence-corrected chi connectivity index (χ0v) is 4.79. The van der Waals surface area contributed by atoms with Crippen LogP contribution in [-0.2, 0) is 4.74 Å². The van der Waals surface area contributed by atoms with Gasteiger partial charge in [-0.3, -0.25) is 5.32 Å². The number of hydrogen-bond donors (Lipinski definition) is 0. The van der Waals surface area contributed by atoms with E-state index >= 15 is 0 Å². The molecule has 1 rings (SSSR count). The third-order valence-electron chi connectivity index (χ3n) is 0.838. The summed E-state index contributed by atoms with van der Waals surface area (Å²) >= 11 is 0. The van der Waals surface area contributed by atoms with Crippen molar-refractivity contribution in [3.8, 4) is 0 Å². The highest BCUT2D eigenvalue weighted by Crippen LogP contribution is 2.02. The molecule has 1 aliphatic heterocycles. The van der Waals surface area contributed by atoms with Gasteiger partial charge in [-0.25, -0.2) is 0 Å². The summed E-state index contributed by atoms with van der Waals surface area (Å²) in [6.07, 6.45) is 5.25. The fourth-order valence-corrected chi connectivity index (χ4v) is 0.528. The summed E-state index contributed by atoms with van der Waals surface area (Å²) in [6.45, 7) is 2.67. The van der Waals surface area contributed by atoms with E-state index in [1.165, 1.54) is 0 Å². The van der Waals surface area contributed by atoms with Gasteiger partial charge in [0.25, 0.3) is 0 Å². The normalized spacial score (nSPS) is 15.4. The van der Waals surface area contributed by atoms with Crippen LogP contribution in [0.2, 0.25) is 0 Å². The first-order valence-corrected chi connectivity index (χ1v) is 2.63. The molecule has 0 saturated carbocycles. The molecule has 0 aromatic heterocycles. The fourth-order valence-electron chi connectivity index (χ4n) is 0.528. The zero-order chi connectivity index (χ0) is 5.82. The summed E-state index contributed by atoms with van der Waals surface area (Å²) in [6, 6.07) is 0. The summed E-state index contributed by atoms with van der Waals surface area (Å²) < 4.78 is 5.08. The highest BCUT2D eigenvalue weighted by molar-refractivity contribution is 5.17. The van der Waals surface area contributed by atoms with Crippen LogP contribution in [0.3, 0.4) is 0 Å². The first-order chi connectivity index (χ1) is 3.93. The first-order valence-electron chi connectivity index (χ1n) is 2.63. The Balaban J connectivity index is 2.34. The highest BCUT2D eigenvalue weighted by atomic mass is 16.5. The van der Waals surface area contributed by atoms with Crippen LogP contribution < -0.4 is 5.32 Å². The summed E-state index contributed by atoms with van der Waals surface area (Å²) in [5.74, 6) is 0.854. The fraction of sp³-hybridized carbons (Fsp3) is 0.333. The molecule has 0 spiro atoms. The smallest absolute Gasteiger partial charge is 0.139 e. The maximum atomic E-state index is 5.08. The second-order valence-corrected chi connectivity index (χ2v) is 1.43. The van der Waals surface area contributed by atoms with Crippen LogP contribution in [0.25, 0.3) is 0 Å². The predicted octanol–water partition coefficient (Wildman–Crippen LogP) is 0.996. The van der Waals surface area contributed by atoms with E-state index in [2.05, 4.69) is 5.32 Å². The topological polar surface area (TPSA) is 23.3 Å². The van der Waals surface area contributed by atoms with Crippen molar-refractivity contribution in [3.63, 3.8) is 0 Å². The Labute approximate surface area is 48.8 Å². The molecule has 1 radical (unpaired) electrons. The van der Waals surface area contributed by atoms with Crippen molar-refractivity contribution in [2.24, 2.45) is 0 Å². The zero-order valence-electron chi connectivity index (χ0n) is 4.79. The Kier molecular flexibility index (Phi) is 1.57. The average Bonchev–Trinajstić information content (AvgIpc) is 2.19. The molecule has 0 aliphatic carbocycles. The summed E-state index contributed by atoms with van der Waals surface area (Å²) in [4.78, 5) is 0.